The fraction of sp³-hybridized carbons (Fsp3) is 0.667. The van der Waals surface area contributed by atoms with E-state index in [0.717, 1.165) is 13.0 Å². The number of nitrogens with zero attached hydrogens (tertiary/aromatic N) is 4. The molecule has 0 saturated carbocycles. The molecule has 6 heteroatoms. The minimum atomic E-state index is 0.151. The van der Waals surface area contributed by atoms with Crippen LogP contribution in [0.15, 0.2) is 12.7 Å². The number of hydrogen-bond acceptors (Lipinski definition) is 4. The molecule has 1 saturated heterocycles. The molecule has 6 nitrogen and oxygen atoms in total. The molecule has 15 heavy (non-hydrogen) atoms. The van der Waals surface area contributed by atoms with Crippen molar-refractivity contribution < 1.29 is 4.79 Å². The lowest BCUT2D eigenvalue weighted by Gasteiger charge is -2.15. The molecular formula is C9H15N5O. The van der Waals surface area contributed by atoms with Crippen LogP contribution in [0.3, 0.4) is 0 Å². The molecule has 82 valence electrons. The molecule has 1 amide bonds. The van der Waals surface area contributed by atoms with Gasteiger partial charge in [0.15, 0.2) is 0 Å². The van der Waals surface area contributed by atoms with Crippen LogP contribution in [0.1, 0.15) is 12.8 Å². The van der Waals surface area contributed by atoms with Gasteiger partial charge in [-0.15, -0.1) is 0 Å². The number of amides is 1. The quantitative estimate of drug-likeness (QED) is 0.709. The largest absolute Gasteiger partial charge is 0.341 e. The summed E-state index contributed by atoms with van der Waals surface area (Å²) in [7, 11) is 0. The summed E-state index contributed by atoms with van der Waals surface area (Å²) >= 11 is 0. The van der Waals surface area contributed by atoms with E-state index in [-0.39, 0.29) is 11.9 Å². The first kappa shape index (κ1) is 10.1. The third-order valence-electron chi connectivity index (χ3n) is 2.60. The van der Waals surface area contributed by atoms with E-state index >= 15 is 0 Å². The molecule has 1 aromatic heterocycles. The third kappa shape index (κ3) is 2.53. The van der Waals surface area contributed by atoms with Gasteiger partial charge in [-0.25, -0.2) is 4.98 Å². The lowest BCUT2D eigenvalue weighted by atomic mass is 10.3. The minimum Gasteiger partial charge on any atom is -0.341 e. The molecule has 1 aliphatic rings. The summed E-state index contributed by atoms with van der Waals surface area (Å²) in [5.41, 5.74) is 5.73. The van der Waals surface area contributed by atoms with Crippen molar-refractivity contribution in [2.75, 3.05) is 13.1 Å². The lowest BCUT2D eigenvalue weighted by molar-refractivity contribution is -0.130. The van der Waals surface area contributed by atoms with Crippen LogP contribution in [-0.2, 0) is 11.3 Å². The average molecular weight is 209 g/mol. The van der Waals surface area contributed by atoms with Crippen LogP contribution in [0.4, 0.5) is 0 Å². The Labute approximate surface area is 88.1 Å². The van der Waals surface area contributed by atoms with E-state index in [1.165, 1.54) is 6.33 Å². The second-order valence-corrected chi connectivity index (χ2v) is 3.80. The summed E-state index contributed by atoms with van der Waals surface area (Å²) in [4.78, 5) is 17.3. The number of likely N-dealkylation sites (tertiary alicyclic amines) is 1. The van der Waals surface area contributed by atoms with Gasteiger partial charge in [0, 0.05) is 25.6 Å². The molecule has 1 atom stereocenters. The van der Waals surface area contributed by atoms with Crippen LogP contribution in [0.2, 0.25) is 0 Å². The van der Waals surface area contributed by atoms with Crippen molar-refractivity contribution >= 4 is 5.91 Å². The fourth-order valence-electron chi connectivity index (χ4n) is 1.73. The van der Waals surface area contributed by atoms with Gasteiger partial charge in [0.05, 0.1) is 6.54 Å². The van der Waals surface area contributed by atoms with Gasteiger partial charge >= 0.3 is 0 Å². The van der Waals surface area contributed by atoms with Gasteiger partial charge in [0.1, 0.15) is 12.7 Å². The lowest BCUT2D eigenvalue weighted by Crippen LogP contribution is -2.32. The van der Waals surface area contributed by atoms with E-state index in [9.17, 15) is 4.79 Å². The SMILES string of the molecule is NC1CCN(C(=O)CCn2cncn2)C1. The van der Waals surface area contributed by atoms with Crippen molar-refractivity contribution in [1.29, 1.82) is 0 Å². The molecule has 0 aliphatic carbocycles. The van der Waals surface area contributed by atoms with Crippen LogP contribution < -0.4 is 5.73 Å². The van der Waals surface area contributed by atoms with Crippen molar-refractivity contribution in [3.05, 3.63) is 12.7 Å². The van der Waals surface area contributed by atoms with Crippen molar-refractivity contribution in [3.63, 3.8) is 0 Å². The highest BCUT2D eigenvalue weighted by Crippen LogP contribution is 2.08. The van der Waals surface area contributed by atoms with Crippen LogP contribution >= 0.6 is 0 Å². The second kappa shape index (κ2) is 4.39. The Morgan fingerprint density at radius 1 is 1.60 bits per heavy atom. The zero-order valence-electron chi connectivity index (χ0n) is 8.54. The number of nitrogens with two attached hydrogens (primary N) is 1. The Kier molecular flexibility index (Phi) is 2.96. The molecule has 2 rings (SSSR count). The van der Waals surface area contributed by atoms with Crippen molar-refractivity contribution in [3.8, 4) is 0 Å². The van der Waals surface area contributed by atoms with Crippen LogP contribution in [-0.4, -0.2) is 44.7 Å². The van der Waals surface area contributed by atoms with E-state index in [1.54, 1.807) is 11.0 Å². The van der Waals surface area contributed by atoms with Crippen molar-refractivity contribution in [2.45, 2.75) is 25.4 Å². The van der Waals surface area contributed by atoms with E-state index in [2.05, 4.69) is 10.1 Å². The smallest absolute Gasteiger partial charge is 0.224 e. The first-order chi connectivity index (χ1) is 7.25. The maximum atomic E-state index is 11.7. The first-order valence-corrected chi connectivity index (χ1v) is 5.11. The number of hydrogen-bond donors (Lipinski definition) is 1. The number of aromatic nitrogens is 3. The normalized spacial score (nSPS) is 20.9. The second-order valence-electron chi connectivity index (χ2n) is 3.80. The maximum Gasteiger partial charge on any atom is 0.224 e. The van der Waals surface area contributed by atoms with Gasteiger partial charge in [-0.05, 0) is 6.42 Å². The molecule has 0 spiro atoms. The monoisotopic (exact) mass is 209 g/mol. The summed E-state index contributed by atoms with van der Waals surface area (Å²) in [6.07, 6.45) is 4.46. The Bertz CT molecular complexity index is 323. The zero-order chi connectivity index (χ0) is 10.7. The number of carbonyl (C=O) groups excluding carboxylic acids is 1. The number of aryl methyl sites for hydroxylation is 1. The topological polar surface area (TPSA) is 77.0 Å². The molecule has 1 aliphatic heterocycles. The summed E-state index contributed by atoms with van der Waals surface area (Å²) in [6, 6.07) is 0.153. The maximum absolute atomic E-state index is 11.7. The molecule has 1 aromatic rings. The van der Waals surface area contributed by atoms with Gasteiger partial charge in [-0.3, -0.25) is 9.48 Å². The van der Waals surface area contributed by atoms with Gasteiger partial charge in [-0.1, -0.05) is 0 Å². The van der Waals surface area contributed by atoms with Crippen LogP contribution in [0.25, 0.3) is 0 Å². The highest BCUT2D eigenvalue weighted by Gasteiger charge is 2.22. The van der Waals surface area contributed by atoms with Gasteiger partial charge < -0.3 is 10.6 Å². The summed E-state index contributed by atoms with van der Waals surface area (Å²) in [5, 5.41) is 3.94. The average Bonchev–Trinajstić information content (AvgIpc) is 2.84. The summed E-state index contributed by atoms with van der Waals surface area (Å²) in [5.74, 6) is 0.151. The Morgan fingerprint density at radius 2 is 2.47 bits per heavy atom. The molecule has 2 heterocycles. The fourth-order valence-corrected chi connectivity index (χ4v) is 1.73. The highest BCUT2D eigenvalue weighted by molar-refractivity contribution is 5.76. The number of carbonyl (C=O) groups is 1. The van der Waals surface area contributed by atoms with Crippen molar-refractivity contribution in [2.24, 2.45) is 5.73 Å². The number of rotatable bonds is 3. The van der Waals surface area contributed by atoms with Gasteiger partial charge in [-0.2, -0.15) is 5.10 Å². The van der Waals surface area contributed by atoms with Crippen LogP contribution in [0, 0.1) is 0 Å². The van der Waals surface area contributed by atoms with Gasteiger partial charge in [0.2, 0.25) is 5.91 Å². The van der Waals surface area contributed by atoms with E-state index < -0.39 is 0 Å². The molecule has 0 aromatic carbocycles. The highest BCUT2D eigenvalue weighted by atomic mass is 16.2. The Hall–Kier alpha value is -1.43. The molecule has 1 fully saturated rings. The predicted octanol–water partition coefficient (Wildman–Crippen LogP) is -0.772. The van der Waals surface area contributed by atoms with Gasteiger partial charge in [0.25, 0.3) is 0 Å². The Morgan fingerprint density at radius 3 is 3.07 bits per heavy atom. The molecule has 0 bridgehead atoms. The Balaban J connectivity index is 1.78. The first-order valence-electron chi connectivity index (χ1n) is 5.11. The standard InChI is InChI=1S/C9H15N5O/c10-8-1-3-13(5-8)9(15)2-4-14-7-11-6-12-14/h6-8H,1-5,10H2. The minimum absolute atomic E-state index is 0.151. The molecule has 2 N–H and O–H groups in total. The third-order valence-corrected chi connectivity index (χ3v) is 2.60. The van der Waals surface area contributed by atoms with Crippen LogP contribution in [0.5, 0.6) is 0 Å². The van der Waals surface area contributed by atoms with Crippen molar-refractivity contribution in [1.82, 2.24) is 19.7 Å². The molecule has 1 unspecified atom stereocenters. The summed E-state index contributed by atoms with van der Waals surface area (Å²) in [6.45, 7) is 2.07. The molecule has 0 radical (unpaired) electrons. The molecular weight excluding hydrogens is 194 g/mol. The summed E-state index contributed by atoms with van der Waals surface area (Å²) < 4.78 is 1.66. The van der Waals surface area contributed by atoms with E-state index in [4.69, 9.17) is 5.73 Å². The van der Waals surface area contributed by atoms with E-state index in [0.29, 0.717) is 19.5 Å². The predicted molar refractivity (Wildman–Crippen MR) is 53.8 cm³/mol. The van der Waals surface area contributed by atoms with E-state index in [1.807, 2.05) is 4.90 Å². The zero-order valence-corrected chi connectivity index (χ0v) is 8.54.